The molecule has 1 fully saturated rings. The molecule has 0 aromatic heterocycles. The van der Waals surface area contributed by atoms with Crippen LogP contribution in [0.15, 0.2) is 60.7 Å². The summed E-state index contributed by atoms with van der Waals surface area (Å²) in [6.07, 6.45) is 0.0306. The average Bonchev–Trinajstić information content (AvgIpc) is 3.09. The Morgan fingerprint density at radius 1 is 0.974 bits per heavy atom. The number of benzene rings is 3. The summed E-state index contributed by atoms with van der Waals surface area (Å²) in [7, 11) is 0. The summed E-state index contributed by atoms with van der Waals surface area (Å²) < 4.78 is 28.0. The van der Waals surface area contributed by atoms with E-state index in [2.05, 4.69) is 38.5 Å². The van der Waals surface area contributed by atoms with Gasteiger partial charge in [0.05, 0.1) is 6.54 Å². The fraction of sp³-hybridized carbons (Fsp3) is 0.250. The van der Waals surface area contributed by atoms with E-state index in [0.717, 1.165) is 32.7 Å². The SMILES string of the molecule is C[C@]1(Cc2cc(F)cc(F)c2)NC(=N)N(Cc2ccc(CNC(=O)NCc3ccc(CI)c(Cl)c3)cc2)C1=O. The van der Waals surface area contributed by atoms with Gasteiger partial charge < -0.3 is 16.0 Å². The van der Waals surface area contributed by atoms with E-state index in [-0.39, 0.29) is 30.9 Å². The highest BCUT2D eigenvalue weighted by atomic mass is 127. The number of hydrogen-bond donors (Lipinski definition) is 4. The molecule has 4 rings (SSSR count). The second-order valence-corrected chi connectivity index (χ2v) is 10.7. The van der Waals surface area contributed by atoms with Crippen LogP contribution in [0.25, 0.3) is 0 Å². The molecule has 0 unspecified atom stereocenters. The van der Waals surface area contributed by atoms with Gasteiger partial charge in [-0.3, -0.25) is 15.1 Å². The molecule has 204 valence electrons. The van der Waals surface area contributed by atoms with E-state index in [1.807, 2.05) is 42.5 Å². The van der Waals surface area contributed by atoms with Crippen LogP contribution in [0, 0.1) is 17.0 Å². The maximum atomic E-state index is 13.6. The van der Waals surface area contributed by atoms with Gasteiger partial charge in [-0.05, 0) is 52.9 Å². The van der Waals surface area contributed by atoms with Crippen LogP contribution in [0.4, 0.5) is 13.6 Å². The highest BCUT2D eigenvalue weighted by Gasteiger charge is 2.45. The number of amides is 3. The van der Waals surface area contributed by atoms with Gasteiger partial charge in [0.15, 0.2) is 5.96 Å². The van der Waals surface area contributed by atoms with Gasteiger partial charge >= 0.3 is 6.03 Å². The highest BCUT2D eigenvalue weighted by molar-refractivity contribution is 14.1. The lowest BCUT2D eigenvalue weighted by molar-refractivity contribution is -0.130. The van der Waals surface area contributed by atoms with E-state index < -0.39 is 17.2 Å². The highest BCUT2D eigenvalue weighted by Crippen LogP contribution is 2.25. The third-order valence-corrected chi connectivity index (χ3v) is 7.57. The van der Waals surface area contributed by atoms with Crippen molar-refractivity contribution in [1.29, 1.82) is 5.41 Å². The molecule has 0 saturated carbocycles. The first-order chi connectivity index (χ1) is 18.6. The molecule has 3 amide bonds. The molecule has 3 aromatic rings. The quantitative estimate of drug-likeness (QED) is 0.182. The maximum Gasteiger partial charge on any atom is 0.315 e. The summed E-state index contributed by atoms with van der Waals surface area (Å²) >= 11 is 8.48. The lowest BCUT2D eigenvalue weighted by Gasteiger charge is -2.22. The van der Waals surface area contributed by atoms with Gasteiger partial charge in [0.1, 0.15) is 17.2 Å². The molecule has 1 heterocycles. The second-order valence-electron chi connectivity index (χ2n) is 9.56. The van der Waals surface area contributed by atoms with E-state index >= 15 is 0 Å². The first-order valence-electron chi connectivity index (χ1n) is 12.1. The van der Waals surface area contributed by atoms with E-state index in [1.165, 1.54) is 17.0 Å². The third kappa shape index (κ3) is 7.24. The molecule has 1 saturated heterocycles. The summed E-state index contributed by atoms with van der Waals surface area (Å²) in [5.74, 6) is -1.87. The number of guanidine groups is 1. The minimum atomic E-state index is -1.20. The minimum absolute atomic E-state index is 0.0306. The van der Waals surface area contributed by atoms with Crippen LogP contribution in [-0.4, -0.2) is 28.3 Å². The Kier molecular flexibility index (Phi) is 9.06. The molecule has 11 heteroatoms. The Morgan fingerprint density at radius 3 is 2.18 bits per heavy atom. The summed E-state index contributed by atoms with van der Waals surface area (Å²) in [5.41, 5.74) is 2.73. The van der Waals surface area contributed by atoms with Crippen LogP contribution in [0.3, 0.4) is 0 Å². The number of carbonyl (C=O) groups excluding carboxylic acids is 2. The summed E-state index contributed by atoms with van der Waals surface area (Å²) in [4.78, 5) is 26.7. The van der Waals surface area contributed by atoms with Gasteiger partial charge in [-0.2, -0.15) is 0 Å². The fourth-order valence-electron chi connectivity index (χ4n) is 4.36. The molecular weight excluding hydrogens is 639 g/mol. The molecule has 1 aliphatic heterocycles. The van der Waals surface area contributed by atoms with Crippen molar-refractivity contribution in [3.8, 4) is 0 Å². The smallest absolute Gasteiger partial charge is 0.315 e. The molecule has 0 bridgehead atoms. The van der Waals surface area contributed by atoms with Gasteiger partial charge in [-0.15, -0.1) is 0 Å². The first-order valence-corrected chi connectivity index (χ1v) is 14.0. The monoisotopic (exact) mass is 665 g/mol. The summed E-state index contributed by atoms with van der Waals surface area (Å²) in [5, 5.41) is 17.4. The number of urea groups is 1. The molecule has 39 heavy (non-hydrogen) atoms. The van der Waals surface area contributed by atoms with Crippen LogP contribution in [0.5, 0.6) is 0 Å². The molecule has 0 spiro atoms. The topological polar surface area (TPSA) is 97.3 Å². The Morgan fingerprint density at radius 2 is 1.56 bits per heavy atom. The van der Waals surface area contributed by atoms with Crippen molar-refractivity contribution in [2.45, 2.75) is 42.9 Å². The van der Waals surface area contributed by atoms with Crippen molar-refractivity contribution in [2.75, 3.05) is 0 Å². The third-order valence-electron chi connectivity index (χ3n) is 6.39. The zero-order chi connectivity index (χ0) is 28.2. The molecule has 1 atom stereocenters. The predicted molar refractivity (Wildman–Crippen MR) is 155 cm³/mol. The number of rotatable bonds is 9. The van der Waals surface area contributed by atoms with Crippen LogP contribution >= 0.6 is 34.2 Å². The molecule has 4 N–H and O–H groups in total. The molecule has 3 aromatic carbocycles. The summed E-state index contributed by atoms with van der Waals surface area (Å²) in [6, 6.07) is 15.9. The van der Waals surface area contributed by atoms with Crippen molar-refractivity contribution >= 4 is 52.1 Å². The van der Waals surface area contributed by atoms with E-state index in [1.54, 1.807) is 6.92 Å². The largest absolute Gasteiger partial charge is 0.342 e. The van der Waals surface area contributed by atoms with Crippen molar-refractivity contribution in [3.63, 3.8) is 0 Å². The Hall–Kier alpha value is -3.25. The lowest BCUT2D eigenvalue weighted by Crippen LogP contribution is -2.46. The number of nitrogens with one attached hydrogen (secondary N) is 4. The Bertz CT molecular complexity index is 1380. The van der Waals surface area contributed by atoms with Gasteiger partial charge in [0.2, 0.25) is 0 Å². The zero-order valence-electron chi connectivity index (χ0n) is 21.1. The summed E-state index contributed by atoms with van der Waals surface area (Å²) in [6.45, 7) is 2.43. The standard InChI is InChI=1S/C28H27ClF2IN5O2/c1-28(12-20-8-22(30)11-23(31)9-20)25(38)37(26(33)36-28)16-18-4-2-17(3-5-18)14-34-27(39)35-15-19-6-7-21(13-32)24(29)10-19/h2-11H,12-16H2,1H3,(H2,33,36)(H2,34,35,39)/t28-/m1/s1. The molecule has 0 aliphatic carbocycles. The number of nitrogens with zero attached hydrogens (tertiary/aromatic N) is 1. The van der Waals surface area contributed by atoms with Crippen LogP contribution in [0.1, 0.15) is 34.7 Å². The second kappa shape index (κ2) is 12.3. The van der Waals surface area contributed by atoms with E-state index in [9.17, 15) is 18.4 Å². The van der Waals surface area contributed by atoms with E-state index in [0.29, 0.717) is 23.7 Å². The zero-order valence-corrected chi connectivity index (χ0v) is 24.0. The maximum absolute atomic E-state index is 13.6. The normalized spacial score (nSPS) is 16.8. The molecular formula is C28H27ClF2IN5O2. The first kappa shape index (κ1) is 28.8. The van der Waals surface area contributed by atoms with Crippen molar-refractivity contribution in [3.05, 3.63) is 105 Å². The fourth-order valence-corrected chi connectivity index (χ4v) is 5.52. The molecule has 0 radical (unpaired) electrons. The molecule has 1 aliphatic rings. The lowest BCUT2D eigenvalue weighted by atomic mass is 9.92. The average molecular weight is 666 g/mol. The van der Waals surface area contributed by atoms with Crippen LogP contribution in [0.2, 0.25) is 5.02 Å². The predicted octanol–water partition coefficient (Wildman–Crippen LogP) is 5.42. The number of hydrogen-bond acceptors (Lipinski definition) is 3. The van der Waals surface area contributed by atoms with Gasteiger partial charge in [-0.1, -0.05) is 70.6 Å². The van der Waals surface area contributed by atoms with Gasteiger partial charge in [0.25, 0.3) is 5.91 Å². The van der Waals surface area contributed by atoms with Crippen LogP contribution in [-0.2, 0) is 35.3 Å². The van der Waals surface area contributed by atoms with Gasteiger partial charge in [-0.25, -0.2) is 13.6 Å². The minimum Gasteiger partial charge on any atom is -0.342 e. The van der Waals surface area contributed by atoms with Crippen molar-refractivity contribution in [1.82, 2.24) is 20.9 Å². The number of carbonyl (C=O) groups is 2. The Labute approximate surface area is 244 Å². The van der Waals surface area contributed by atoms with Crippen molar-refractivity contribution in [2.24, 2.45) is 0 Å². The Balaban J connectivity index is 1.28. The van der Waals surface area contributed by atoms with E-state index in [4.69, 9.17) is 17.0 Å². The van der Waals surface area contributed by atoms with Crippen LogP contribution < -0.4 is 16.0 Å². The van der Waals surface area contributed by atoms with Gasteiger partial charge in [0, 0.05) is 35.0 Å². The number of alkyl halides is 1. The number of halogens is 4. The van der Waals surface area contributed by atoms with Crippen molar-refractivity contribution < 1.29 is 18.4 Å². The molecule has 7 nitrogen and oxygen atoms in total.